The van der Waals surface area contributed by atoms with Crippen LogP contribution < -0.4 is 10.1 Å². The molecule has 0 atom stereocenters. The molecular formula is C26H33N3O2. The molecule has 1 N–H and O–H groups in total. The summed E-state index contributed by atoms with van der Waals surface area (Å²) >= 11 is 0. The normalized spacial score (nSPS) is 14.5. The fraction of sp³-hybridized carbons (Fsp3) is 0.462. The lowest BCUT2D eigenvalue weighted by molar-refractivity contribution is -0.123. The summed E-state index contributed by atoms with van der Waals surface area (Å²) in [6.45, 7) is 9.43. The Morgan fingerprint density at radius 1 is 1.19 bits per heavy atom. The van der Waals surface area contributed by atoms with Crippen LogP contribution in [0.3, 0.4) is 0 Å². The molecule has 0 spiro atoms. The third-order valence-corrected chi connectivity index (χ3v) is 6.04. The number of pyridine rings is 1. The van der Waals surface area contributed by atoms with Gasteiger partial charge in [-0.3, -0.25) is 4.79 Å². The molecule has 1 aliphatic carbocycles. The van der Waals surface area contributed by atoms with Gasteiger partial charge in [0.05, 0.1) is 18.5 Å². The zero-order valence-electron chi connectivity index (χ0n) is 19.1. The molecule has 0 aliphatic heterocycles. The van der Waals surface area contributed by atoms with E-state index in [1.54, 1.807) is 6.20 Å². The molecule has 5 nitrogen and oxygen atoms in total. The smallest absolute Gasteiger partial charge is 0.229 e. The number of carbonyl (C=O) groups is 1. The van der Waals surface area contributed by atoms with Crippen molar-refractivity contribution in [2.75, 3.05) is 11.9 Å². The molecular weight excluding hydrogens is 386 g/mol. The van der Waals surface area contributed by atoms with Crippen LogP contribution in [0, 0.1) is 11.3 Å². The van der Waals surface area contributed by atoms with E-state index in [-0.39, 0.29) is 5.91 Å². The van der Waals surface area contributed by atoms with Gasteiger partial charge in [-0.25, -0.2) is 4.98 Å². The molecule has 5 heteroatoms. The molecule has 0 saturated heterocycles. The Kier molecular flexibility index (Phi) is 6.03. The average molecular weight is 420 g/mol. The maximum absolute atomic E-state index is 12.4. The molecule has 2 aromatic heterocycles. The van der Waals surface area contributed by atoms with E-state index < -0.39 is 5.41 Å². The first-order valence-corrected chi connectivity index (χ1v) is 11.3. The van der Waals surface area contributed by atoms with Gasteiger partial charge in [-0.2, -0.15) is 0 Å². The summed E-state index contributed by atoms with van der Waals surface area (Å²) < 4.78 is 7.96. The first-order chi connectivity index (χ1) is 14.8. The van der Waals surface area contributed by atoms with Gasteiger partial charge in [-0.1, -0.05) is 39.3 Å². The van der Waals surface area contributed by atoms with Crippen LogP contribution in [0.5, 0.6) is 5.75 Å². The molecule has 0 unspecified atom stereocenters. The standard InChI is InChI=1S/C26H33N3O2/c1-5-31-23-11-9-18(10-12-23)13-22-15-20-14-21(28-25(30)26(2,3)4)16-27-24(20)29(22)17-19-7-6-8-19/h9-12,14-16,19H,5-8,13,17H2,1-4H3,(H,28,30). The van der Waals surface area contributed by atoms with E-state index in [1.165, 1.54) is 30.5 Å². The number of nitrogens with zero attached hydrogens (tertiary/aromatic N) is 2. The number of hydrogen-bond acceptors (Lipinski definition) is 3. The number of hydrogen-bond donors (Lipinski definition) is 1. The second-order valence-electron chi connectivity index (χ2n) is 9.64. The van der Waals surface area contributed by atoms with Crippen molar-refractivity contribution in [1.29, 1.82) is 0 Å². The van der Waals surface area contributed by atoms with Crippen LogP contribution in [0.15, 0.2) is 42.6 Å². The van der Waals surface area contributed by atoms with E-state index in [0.29, 0.717) is 6.61 Å². The maximum Gasteiger partial charge on any atom is 0.229 e. The van der Waals surface area contributed by atoms with E-state index in [4.69, 9.17) is 9.72 Å². The Morgan fingerprint density at radius 3 is 2.55 bits per heavy atom. The molecule has 2 heterocycles. The molecule has 3 aromatic rings. The molecule has 4 rings (SSSR count). The van der Waals surface area contributed by atoms with Gasteiger partial charge in [0.25, 0.3) is 0 Å². The minimum atomic E-state index is -0.441. The molecule has 0 radical (unpaired) electrons. The van der Waals surface area contributed by atoms with Crippen molar-refractivity contribution in [3.05, 3.63) is 53.9 Å². The number of amides is 1. The van der Waals surface area contributed by atoms with Crippen molar-refractivity contribution in [1.82, 2.24) is 9.55 Å². The zero-order valence-corrected chi connectivity index (χ0v) is 19.1. The van der Waals surface area contributed by atoms with Crippen molar-refractivity contribution < 1.29 is 9.53 Å². The third-order valence-electron chi connectivity index (χ3n) is 6.04. The first-order valence-electron chi connectivity index (χ1n) is 11.3. The summed E-state index contributed by atoms with van der Waals surface area (Å²) in [5.74, 6) is 1.64. The fourth-order valence-electron chi connectivity index (χ4n) is 3.95. The number of carbonyl (C=O) groups excluding carboxylic acids is 1. The predicted octanol–water partition coefficient (Wildman–Crippen LogP) is 5.81. The monoisotopic (exact) mass is 419 g/mol. The highest BCUT2D eigenvalue weighted by Crippen LogP contribution is 2.32. The van der Waals surface area contributed by atoms with Gasteiger partial charge in [0, 0.05) is 29.5 Å². The lowest BCUT2D eigenvalue weighted by atomic mass is 9.85. The van der Waals surface area contributed by atoms with E-state index in [0.717, 1.165) is 41.4 Å². The van der Waals surface area contributed by atoms with Crippen molar-refractivity contribution >= 4 is 22.6 Å². The van der Waals surface area contributed by atoms with E-state index in [9.17, 15) is 4.79 Å². The minimum absolute atomic E-state index is 0.00263. The highest BCUT2D eigenvalue weighted by Gasteiger charge is 2.23. The lowest BCUT2D eigenvalue weighted by Gasteiger charge is -2.27. The van der Waals surface area contributed by atoms with Crippen LogP contribution in [0.1, 0.15) is 58.2 Å². The number of aromatic nitrogens is 2. The van der Waals surface area contributed by atoms with Gasteiger partial charge in [0.2, 0.25) is 5.91 Å². The Morgan fingerprint density at radius 2 is 1.94 bits per heavy atom. The zero-order chi connectivity index (χ0) is 22.0. The molecule has 1 saturated carbocycles. The maximum atomic E-state index is 12.4. The summed E-state index contributed by atoms with van der Waals surface area (Å²) in [5.41, 5.74) is 3.83. The van der Waals surface area contributed by atoms with Gasteiger partial charge in [-0.15, -0.1) is 0 Å². The molecule has 1 amide bonds. The van der Waals surface area contributed by atoms with Gasteiger partial charge in [0.15, 0.2) is 0 Å². The van der Waals surface area contributed by atoms with Crippen LogP contribution in [-0.4, -0.2) is 22.1 Å². The van der Waals surface area contributed by atoms with Gasteiger partial charge in [-0.05, 0) is 55.5 Å². The van der Waals surface area contributed by atoms with E-state index in [2.05, 4.69) is 28.1 Å². The summed E-state index contributed by atoms with van der Waals surface area (Å²) in [6, 6.07) is 12.6. The predicted molar refractivity (Wildman–Crippen MR) is 126 cm³/mol. The lowest BCUT2D eigenvalue weighted by Crippen LogP contribution is -2.27. The second-order valence-corrected chi connectivity index (χ2v) is 9.64. The largest absolute Gasteiger partial charge is 0.494 e. The van der Waals surface area contributed by atoms with Crippen molar-refractivity contribution in [3.8, 4) is 5.75 Å². The molecule has 164 valence electrons. The van der Waals surface area contributed by atoms with E-state index >= 15 is 0 Å². The summed E-state index contributed by atoms with van der Waals surface area (Å²) in [5, 5.41) is 4.09. The topological polar surface area (TPSA) is 56.1 Å². The average Bonchev–Trinajstić information content (AvgIpc) is 3.02. The summed E-state index contributed by atoms with van der Waals surface area (Å²) in [6.07, 6.45) is 6.54. The number of nitrogens with one attached hydrogen (secondary N) is 1. The molecule has 1 aromatic carbocycles. The molecule has 1 aliphatic rings. The Hall–Kier alpha value is -2.82. The Labute approximate surface area is 184 Å². The SMILES string of the molecule is CCOc1ccc(Cc2cc3cc(NC(=O)C(C)(C)C)cnc3n2CC2CCC2)cc1. The first kappa shape index (κ1) is 21.4. The Balaban J connectivity index is 1.63. The van der Waals surface area contributed by atoms with Crippen LogP contribution in [0.2, 0.25) is 0 Å². The third kappa shape index (κ3) is 4.92. The van der Waals surface area contributed by atoms with Gasteiger partial charge >= 0.3 is 0 Å². The van der Waals surface area contributed by atoms with Crippen molar-refractivity contribution in [3.63, 3.8) is 0 Å². The van der Waals surface area contributed by atoms with Gasteiger partial charge < -0.3 is 14.6 Å². The molecule has 0 bridgehead atoms. The highest BCUT2D eigenvalue weighted by molar-refractivity contribution is 5.96. The fourth-order valence-corrected chi connectivity index (χ4v) is 3.95. The van der Waals surface area contributed by atoms with Crippen molar-refractivity contribution in [2.24, 2.45) is 11.3 Å². The van der Waals surface area contributed by atoms with Crippen LogP contribution in [-0.2, 0) is 17.8 Å². The number of anilines is 1. The number of rotatable bonds is 7. The van der Waals surface area contributed by atoms with Crippen LogP contribution in [0.4, 0.5) is 5.69 Å². The molecule has 31 heavy (non-hydrogen) atoms. The highest BCUT2D eigenvalue weighted by atomic mass is 16.5. The molecule has 1 fully saturated rings. The minimum Gasteiger partial charge on any atom is -0.494 e. The number of fused-ring (bicyclic) bond motifs is 1. The number of ether oxygens (including phenoxy) is 1. The second kappa shape index (κ2) is 8.74. The van der Waals surface area contributed by atoms with E-state index in [1.807, 2.05) is 45.9 Å². The Bertz CT molecular complexity index is 1060. The van der Waals surface area contributed by atoms with Crippen molar-refractivity contribution in [2.45, 2.75) is 59.9 Å². The van der Waals surface area contributed by atoms with Crippen LogP contribution >= 0.6 is 0 Å². The number of benzene rings is 1. The summed E-state index contributed by atoms with van der Waals surface area (Å²) in [4.78, 5) is 17.2. The quantitative estimate of drug-likeness (QED) is 0.526. The van der Waals surface area contributed by atoms with Gasteiger partial charge in [0.1, 0.15) is 11.4 Å². The summed E-state index contributed by atoms with van der Waals surface area (Å²) in [7, 11) is 0. The van der Waals surface area contributed by atoms with Crippen LogP contribution in [0.25, 0.3) is 11.0 Å².